The van der Waals surface area contributed by atoms with Crippen molar-refractivity contribution in [1.82, 2.24) is 5.32 Å². The summed E-state index contributed by atoms with van der Waals surface area (Å²) >= 11 is 0. The summed E-state index contributed by atoms with van der Waals surface area (Å²) in [6.45, 7) is -0.190. The third-order valence-corrected chi connectivity index (χ3v) is 3.43. The van der Waals surface area contributed by atoms with E-state index in [1.165, 1.54) is 6.08 Å². The predicted molar refractivity (Wildman–Crippen MR) is 91.0 cm³/mol. The summed E-state index contributed by atoms with van der Waals surface area (Å²) in [5.41, 5.74) is 2.18. The minimum atomic E-state index is -0.419. The minimum absolute atomic E-state index is 0.172. The van der Waals surface area contributed by atoms with E-state index in [4.69, 9.17) is 5.26 Å². The molecule has 0 radical (unpaired) electrons. The van der Waals surface area contributed by atoms with Gasteiger partial charge in [-0.1, -0.05) is 24.3 Å². The molecule has 0 spiro atoms. The largest absolute Gasteiger partial charge is 0.508 e. The van der Waals surface area contributed by atoms with Gasteiger partial charge >= 0.3 is 0 Å². The van der Waals surface area contributed by atoms with Crippen molar-refractivity contribution in [3.63, 3.8) is 0 Å². The molecule has 122 valence electrons. The average molecular weight is 322 g/mol. The summed E-state index contributed by atoms with van der Waals surface area (Å²) in [6.07, 6.45) is 3.45. The second kappa shape index (κ2) is 8.51. The average Bonchev–Trinajstić information content (AvgIpc) is 2.61. The molecule has 0 aromatic heterocycles. The molecule has 0 saturated carbocycles. The number of aliphatic hydroxyl groups excluding tert-OH is 1. The lowest BCUT2D eigenvalue weighted by molar-refractivity contribution is -0.117. The van der Waals surface area contributed by atoms with Crippen molar-refractivity contribution >= 4 is 12.0 Å². The number of aromatic hydroxyl groups is 1. The van der Waals surface area contributed by atoms with Gasteiger partial charge in [0.05, 0.1) is 24.3 Å². The number of phenolic OH excluding ortho intramolecular Hbond substituents is 1. The Hall–Kier alpha value is -3.10. The number of nitrogens with one attached hydrogen (secondary N) is 1. The van der Waals surface area contributed by atoms with Crippen LogP contribution in [-0.4, -0.2) is 28.8 Å². The molecular weight excluding hydrogens is 304 g/mol. The lowest BCUT2D eigenvalue weighted by atomic mass is 10.1. The molecule has 0 bridgehead atoms. The third-order valence-electron chi connectivity index (χ3n) is 3.43. The Morgan fingerprint density at radius 1 is 1.25 bits per heavy atom. The van der Waals surface area contributed by atoms with E-state index in [0.717, 1.165) is 11.1 Å². The van der Waals surface area contributed by atoms with Gasteiger partial charge in [-0.05, 0) is 47.9 Å². The first kappa shape index (κ1) is 17.3. The number of aliphatic hydroxyl groups is 1. The van der Waals surface area contributed by atoms with E-state index >= 15 is 0 Å². The van der Waals surface area contributed by atoms with Crippen LogP contribution in [-0.2, 0) is 11.2 Å². The van der Waals surface area contributed by atoms with Crippen LogP contribution in [0.4, 0.5) is 0 Å². The van der Waals surface area contributed by atoms with Gasteiger partial charge in [-0.3, -0.25) is 4.79 Å². The normalized spacial score (nSPS) is 11.8. The number of nitriles is 1. The number of nitrogens with zero attached hydrogens (tertiary/aromatic N) is 1. The number of amides is 1. The lowest BCUT2D eigenvalue weighted by Crippen LogP contribution is -2.38. The molecule has 2 aromatic rings. The van der Waals surface area contributed by atoms with E-state index < -0.39 is 6.04 Å². The van der Waals surface area contributed by atoms with E-state index in [2.05, 4.69) is 5.32 Å². The van der Waals surface area contributed by atoms with Crippen LogP contribution in [0.5, 0.6) is 5.75 Å². The second-order valence-corrected chi connectivity index (χ2v) is 5.33. The highest BCUT2D eigenvalue weighted by atomic mass is 16.3. The Morgan fingerprint density at radius 3 is 2.67 bits per heavy atom. The SMILES string of the molecule is N#Cc1cccc(/C=C/C(=O)N[C@H](CO)Cc2ccc(O)cc2)c1. The Kier molecular flexibility index (Phi) is 6.12. The van der Waals surface area contributed by atoms with Crippen LogP contribution in [0, 0.1) is 11.3 Å². The van der Waals surface area contributed by atoms with Gasteiger partial charge < -0.3 is 15.5 Å². The molecule has 0 aliphatic rings. The maximum absolute atomic E-state index is 12.0. The predicted octanol–water partition coefficient (Wildman–Crippen LogP) is 2.00. The van der Waals surface area contributed by atoms with Crippen LogP contribution in [0.25, 0.3) is 6.08 Å². The summed E-state index contributed by atoms with van der Waals surface area (Å²) in [5.74, 6) is -0.152. The molecule has 0 fully saturated rings. The first-order valence-electron chi connectivity index (χ1n) is 7.48. The number of hydrogen-bond donors (Lipinski definition) is 3. The van der Waals surface area contributed by atoms with Gasteiger partial charge in [-0.2, -0.15) is 5.26 Å². The van der Waals surface area contributed by atoms with Crippen LogP contribution in [0.2, 0.25) is 0 Å². The van der Waals surface area contributed by atoms with Gasteiger partial charge in [0, 0.05) is 6.08 Å². The van der Waals surface area contributed by atoms with Gasteiger partial charge in [-0.15, -0.1) is 0 Å². The Morgan fingerprint density at radius 2 is 2.00 bits per heavy atom. The fourth-order valence-corrected chi connectivity index (χ4v) is 2.21. The lowest BCUT2D eigenvalue weighted by Gasteiger charge is -2.15. The summed E-state index contributed by atoms with van der Waals surface area (Å²) in [4.78, 5) is 12.0. The van der Waals surface area contributed by atoms with Gasteiger partial charge in [0.25, 0.3) is 0 Å². The second-order valence-electron chi connectivity index (χ2n) is 5.33. The molecule has 0 aliphatic carbocycles. The maximum atomic E-state index is 12.0. The van der Waals surface area contributed by atoms with Crippen molar-refractivity contribution in [1.29, 1.82) is 5.26 Å². The maximum Gasteiger partial charge on any atom is 0.244 e. The Labute approximate surface area is 140 Å². The Bertz CT molecular complexity index is 761. The number of rotatable bonds is 6. The first-order chi connectivity index (χ1) is 11.6. The summed E-state index contributed by atoms with van der Waals surface area (Å²) in [5, 5.41) is 30.3. The molecule has 0 unspecified atom stereocenters. The molecule has 5 heteroatoms. The number of phenols is 1. The van der Waals surface area contributed by atoms with Gasteiger partial charge in [0.2, 0.25) is 5.91 Å². The molecule has 0 saturated heterocycles. The molecule has 24 heavy (non-hydrogen) atoms. The van der Waals surface area contributed by atoms with E-state index in [1.807, 2.05) is 6.07 Å². The third kappa shape index (κ3) is 5.27. The fourth-order valence-electron chi connectivity index (χ4n) is 2.21. The van der Waals surface area contributed by atoms with Crippen molar-refractivity contribution in [2.24, 2.45) is 0 Å². The van der Waals surface area contributed by atoms with Crippen molar-refractivity contribution in [3.8, 4) is 11.8 Å². The molecule has 2 aromatic carbocycles. The van der Waals surface area contributed by atoms with Crippen LogP contribution in [0.15, 0.2) is 54.6 Å². The smallest absolute Gasteiger partial charge is 0.244 e. The van der Waals surface area contributed by atoms with Crippen molar-refractivity contribution in [3.05, 3.63) is 71.3 Å². The van der Waals surface area contributed by atoms with Crippen molar-refractivity contribution in [2.75, 3.05) is 6.61 Å². The summed E-state index contributed by atoms with van der Waals surface area (Å²) in [6, 6.07) is 15.2. The molecule has 0 aliphatic heterocycles. The number of hydrogen-bond acceptors (Lipinski definition) is 4. The zero-order valence-electron chi connectivity index (χ0n) is 13.0. The molecule has 3 N–H and O–H groups in total. The fraction of sp³-hybridized carbons (Fsp3) is 0.158. The standard InChI is InChI=1S/C19H18N2O3/c20-12-16-3-1-2-14(10-16)6-9-19(24)21-17(13-22)11-15-4-7-18(23)8-5-15/h1-10,17,22-23H,11,13H2,(H,21,24)/b9-6+/t17-/m0/s1. The Balaban J connectivity index is 1.94. The zero-order chi connectivity index (χ0) is 17.4. The van der Waals surface area contributed by atoms with E-state index in [0.29, 0.717) is 12.0 Å². The van der Waals surface area contributed by atoms with E-state index in [-0.39, 0.29) is 18.3 Å². The van der Waals surface area contributed by atoms with E-state index in [1.54, 1.807) is 54.6 Å². The van der Waals surface area contributed by atoms with Crippen LogP contribution >= 0.6 is 0 Å². The summed E-state index contributed by atoms with van der Waals surface area (Å²) in [7, 11) is 0. The summed E-state index contributed by atoms with van der Waals surface area (Å²) < 4.78 is 0. The number of benzene rings is 2. The van der Waals surface area contributed by atoms with Gasteiger partial charge in [0.15, 0.2) is 0 Å². The molecule has 2 rings (SSSR count). The highest BCUT2D eigenvalue weighted by molar-refractivity contribution is 5.92. The first-order valence-corrected chi connectivity index (χ1v) is 7.48. The monoisotopic (exact) mass is 322 g/mol. The zero-order valence-corrected chi connectivity index (χ0v) is 13.0. The highest BCUT2D eigenvalue weighted by Crippen LogP contribution is 2.11. The quantitative estimate of drug-likeness (QED) is 0.709. The molecule has 1 atom stereocenters. The topological polar surface area (TPSA) is 93.4 Å². The highest BCUT2D eigenvalue weighted by Gasteiger charge is 2.10. The van der Waals surface area contributed by atoms with Crippen LogP contribution in [0.3, 0.4) is 0 Å². The molecule has 5 nitrogen and oxygen atoms in total. The number of carbonyl (C=O) groups is 1. The number of carbonyl (C=O) groups excluding carboxylic acids is 1. The van der Waals surface area contributed by atoms with Crippen molar-refractivity contribution < 1.29 is 15.0 Å². The van der Waals surface area contributed by atoms with Crippen molar-refractivity contribution in [2.45, 2.75) is 12.5 Å². The van der Waals surface area contributed by atoms with Crippen LogP contribution < -0.4 is 5.32 Å². The molecular formula is C19H18N2O3. The van der Waals surface area contributed by atoms with E-state index in [9.17, 15) is 15.0 Å². The van der Waals surface area contributed by atoms with Gasteiger partial charge in [0.1, 0.15) is 5.75 Å². The van der Waals surface area contributed by atoms with Gasteiger partial charge in [-0.25, -0.2) is 0 Å². The molecule has 1 amide bonds. The molecule has 0 heterocycles. The van der Waals surface area contributed by atoms with Crippen LogP contribution in [0.1, 0.15) is 16.7 Å². The minimum Gasteiger partial charge on any atom is -0.508 e.